The van der Waals surface area contributed by atoms with Gasteiger partial charge in [-0.25, -0.2) is 27.5 Å². The minimum atomic E-state index is -0.491. The molecule has 0 N–H and O–H groups in total. The van der Waals surface area contributed by atoms with Crippen molar-refractivity contribution in [1.29, 1.82) is 0 Å². The van der Waals surface area contributed by atoms with Crippen LogP contribution < -0.4 is 0 Å². The van der Waals surface area contributed by atoms with E-state index in [1.807, 2.05) is 127 Å². The Kier molecular flexibility index (Phi) is 33.5. The van der Waals surface area contributed by atoms with Gasteiger partial charge in [-0.05, 0) is 193 Å². The van der Waals surface area contributed by atoms with Gasteiger partial charge in [-0.1, -0.05) is 137 Å². The summed E-state index contributed by atoms with van der Waals surface area (Å²) in [6.45, 7) is 20.9. The average molecular weight is 1110 g/mol. The molecule has 0 radical (unpaired) electrons. The topological polar surface area (TPSA) is 51.6 Å². The van der Waals surface area contributed by atoms with Gasteiger partial charge in [0, 0.05) is 61.2 Å². The summed E-state index contributed by atoms with van der Waals surface area (Å²) < 4.78 is 49.3. The Bertz CT molecular complexity index is 2460. The van der Waals surface area contributed by atoms with Gasteiger partial charge in [-0.15, -0.1) is 0 Å². The zero-order valence-electron chi connectivity index (χ0n) is 43.5. The normalized spacial score (nSPS) is 9.35. The van der Waals surface area contributed by atoms with Crippen LogP contribution in [0.1, 0.15) is 61.3 Å². The van der Waals surface area contributed by atoms with Crippen LogP contribution in [-0.2, 0) is 0 Å². The van der Waals surface area contributed by atoms with Crippen LogP contribution in [0.5, 0.6) is 0 Å². The van der Waals surface area contributed by atoms with E-state index in [0.29, 0.717) is 11.1 Å². The van der Waals surface area contributed by atoms with Crippen LogP contribution in [0.4, 0.5) is 17.6 Å². The third kappa shape index (κ3) is 28.4. The second-order valence-electron chi connectivity index (χ2n) is 16.1. The Morgan fingerprint density at radius 1 is 0.297 bits per heavy atom. The number of nitrogens with zero attached hydrogens (tertiary/aromatic N) is 4. The average Bonchev–Trinajstić information content (AvgIpc) is 3.38. The Balaban J connectivity index is 0.000000417. The summed E-state index contributed by atoms with van der Waals surface area (Å²) in [5, 5.41) is 3.74. The fourth-order valence-corrected chi connectivity index (χ4v) is 5.77. The summed E-state index contributed by atoms with van der Waals surface area (Å²) in [5.41, 5.74) is 10.6. The number of hydrogen-bond donors (Lipinski definition) is 0. The predicted molar refractivity (Wildman–Crippen MR) is 306 cm³/mol. The molecule has 74 heavy (non-hydrogen) atoms. The number of hydrogen-bond acceptors (Lipinski definition) is 4. The summed E-state index contributed by atoms with van der Waals surface area (Å²) in [7, 11) is 0. The van der Waals surface area contributed by atoms with Gasteiger partial charge in [0.1, 0.15) is 29.6 Å². The van der Waals surface area contributed by atoms with Crippen molar-refractivity contribution in [2.45, 2.75) is 76.2 Å². The molecule has 9 aromatic rings. The Morgan fingerprint density at radius 3 is 0.946 bits per heavy atom. The van der Waals surface area contributed by atoms with Crippen molar-refractivity contribution in [2.24, 2.45) is 0 Å². The summed E-state index contributed by atoms with van der Waals surface area (Å²) in [4.78, 5) is 15.2. The number of benzene rings is 6. The first-order valence-electron chi connectivity index (χ1n) is 22.9. The van der Waals surface area contributed by atoms with E-state index in [9.17, 15) is 17.6 Å². The zero-order valence-corrected chi connectivity index (χ0v) is 47.3. The van der Waals surface area contributed by atoms with Crippen molar-refractivity contribution >= 4 is 58.0 Å². The monoisotopic (exact) mass is 1100 g/mol. The van der Waals surface area contributed by atoms with Crippen molar-refractivity contribution in [3.8, 4) is 0 Å². The molecule has 0 spiro atoms. The Labute approximate surface area is 461 Å². The van der Waals surface area contributed by atoms with Crippen LogP contribution in [0.2, 0.25) is 25.1 Å². The molecular weight excluding hydrogens is 1040 g/mol. The van der Waals surface area contributed by atoms with Crippen molar-refractivity contribution in [3.05, 3.63) is 293 Å². The fourth-order valence-electron chi connectivity index (χ4n) is 4.84. The van der Waals surface area contributed by atoms with E-state index in [1.165, 1.54) is 54.1 Å². The highest BCUT2D eigenvalue weighted by Crippen LogP contribution is 2.23. The molecule has 0 bridgehead atoms. The molecule has 13 heteroatoms. The maximum Gasteiger partial charge on any atom is 0.144 e. The maximum absolute atomic E-state index is 12.3. The largest absolute Gasteiger partial charge is 0.265 e. The standard InChI is InChI=1S/C8H10.2C7H6Cl2.C7H7Cl.C7H6F2.C7H7F.C6H6FN.C6H8N2.C6H7N/c1-7-5-3-4-6-8(7)2;2*1-5-6(8)3-2-4-7(5)9;1-6-4-2-3-5-7(6)8;1-5-6(8)3-2-4-7(5)9;1-6-4-2-3-5-7(6)8;1-5-2-3-8-4-6(5)7;1-5-3-7-4-8-6(5)2;1-6-2-4-7-5-3-6/h3-6H,1-2H3;2*2-4H,1H3;2-5H,1H3;2-4H,1H3;2-5H,1H3;2-4H,1H3;3-4H,1-2H3;2-5H,1H3. The lowest BCUT2D eigenvalue weighted by molar-refractivity contribution is 0.568. The van der Waals surface area contributed by atoms with E-state index < -0.39 is 11.6 Å². The number of halogens is 9. The first kappa shape index (κ1) is 65.9. The second-order valence-corrected chi connectivity index (χ2v) is 18.1. The summed E-state index contributed by atoms with van der Waals surface area (Å²) in [6.07, 6.45) is 9.71. The quantitative estimate of drug-likeness (QED) is 0.142. The molecule has 4 nitrogen and oxygen atoms in total. The zero-order chi connectivity index (χ0) is 55.6. The summed E-state index contributed by atoms with van der Waals surface area (Å²) in [6, 6.07) is 43.2. The van der Waals surface area contributed by atoms with Crippen LogP contribution >= 0.6 is 58.0 Å². The van der Waals surface area contributed by atoms with Crippen molar-refractivity contribution in [3.63, 3.8) is 0 Å². The molecular formula is C61H63Cl5F4N4. The van der Waals surface area contributed by atoms with Gasteiger partial charge in [0.05, 0.1) is 6.20 Å². The summed E-state index contributed by atoms with van der Waals surface area (Å²) >= 11 is 28.6. The SMILES string of the molecule is Cc1c(Cl)cccc1Cl.Cc1c(Cl)cccc1Cl.Cc1c(F)cccc1F.Cc1ccccc1C.Cc1ccccc1Cl.Cc1ccccc1F.Cc1ccncc1.Cc1ccncc1F.Cc1cncnc1C. The summed E-state index contributed by atoms with van der Waals surface area (Å²) in [5.74, 6) is -1.36. The number of rotatable bonds is 0. The lowest BCUT2D eigenvalue weighted by atomic mass is 10.1. The molecule has 6 aromatic carbocycles. The Hall–Kier alpha value is -6.13. The van der Waals surface area contributed by atoms with Crippen molar-refractivity contribution in [1.82, 2.24) is 19.9 Å². The molecule has 0 amide bonds. The van der Waals surface area contributed by atoms with E-state index >= 15 is 0 Å². The fraction of sp³-hybridized carbons (Fsp3) is 0.180. The highest BCUT2D eigenvalue weighted by molar-refractivity contribution is 6.36. The number of aryl methyl sites for hydroxylation is 8. The van der Waals surface area contributed by atoms with Gasteiger partial charge in [0.25, 0.3) is 0 Å². The van der Waals surface area contributed by atoms with E-state index in [-0.39, 0.29) is 17.2 Å². The lowest BCUT2D eigenvalue weighted by Gasteiger charge is -1.96. The van der Waals surface area contributed by atoms with Crippen LogP contribution in [0.15, 0.2) is 183 Å². The maximum atomic E-state index is 12.3. The van der Waals surface area contributed by atoms with Crippen LogP contribution in [0, 0.1) is 99.4 Å². The van der Waals surface area contributed by atoms with Crippen molar-refractivity contribution in [2.75, 3.05) is 0 Å². The van der Waals surface area contributed by atoms with Crippen LogP contribution in [0.3, 0.4) is 0 Å². The van der Waals surface area contributed by atoms with Crippen molar-refractivity contribution < 1.29 is 17.6 Å². The molecule has 0 unspecified atom stereocenters. The van der Waals surface area contributed by atoms with Gasteiger partial charge < -0.3 is 0 Å². The first-order chi connectivity index (χ1) is 35.1. The molecule has 0 aliphatic carbocycles. The number of pyridine rings is 2. The minimum Gasteiger partial charge on any atom is -0.265 e. The molecule has 0 saturated carbocycles. The molecule has 390 valence electrons. The first-order valence-corrected chi connectivity index (χ1v) is 24.8. The Morgan fingerprint density at radius 2 is 0.676 bits per heavy atom. The van der Waals surface area contributed by atoms with E-state index in [4.69, 9.17) is 58.0 Å². The minimum absolute atomic E-state index is 0.0810. The number of aromatic nitrogens is 4. The highest BCUT2D eigenvalue weighted by Gasteiger charge is 2.00. The second kappa shape index (κ2) is 37.6. The van der Waals surface area contributed by atoms with Gasteiger partial charge in [0.15, 0.2) is 0 Å². The molecule has 3 heterocycles. The molecule has 0 aliphatic rings. The van der Waals surface area contributed by atoms with Gasteiger partial charge >= 0.3 is 0 Å². The molecule has 9 rings (SSSR count). The van der Waals surface area contributed by atoms with Crippen LogP contribution in [-0.4, -0.2) is 19.9 Å². The third-order valence-corrected chi connectivity index (χ3v) is 12.2. The molecule has 0 saturated heterocycles. The predicted octanol–water partition coefficient (Wildman–Crippen LogP) is 20.0. The molecule has 3 aromatic heterocycles. The molecule has 0 fully saturated rings. The molecule has 0 atom stereocenters. The van der Waals surface area contributed by atoms with Crippen LogP contribution in [0.25, 0.3) is 0 Å². The van der Waals surface area contributed by atoms with E-state index in [2.05, 4.69) is 58.0 Å². The highest BCUT2D eigenvalue weighted by atomic mass is 35.5. The van der Waals surface area contributed by atoms with Gasteiger partial charge in [-0.2, -0.15) is 0 Å². The molecule has 0 aliphatic heterocycles. The lowest BCUT2D eigenvalue weighted by Crippen LogP contribution is -1.85. The smallest absolute Gasteiger partial charge is 0.144 e. The third-order valence-electron chi connectivity index (χ3n) is 10.2. The van der Waals surface area contributed by atoms with E-state index in [1.54, 1.807) is 57.0 Å². The van der Waals surface area contributed by atoms with E-state index in [0.717, 1.165) is 53.1 Å². The van der Waals surface area contributed by atoms with Gasteiger partial charge in [-0.3, -0.25) is 9.97 Å². The van der Waals surface area contributed by atoms with Gasteiger partial charge in [0.2, 0.25) is 0 Å².